The molecule has 0 aliphatic rings. The van der Waals surface area contributed by atoms with Gasteiger partial charge >= 0.3 is 5.97 Å². The van der Waals surface area contributed by atoms with E-state index in [1.807, 2.05) is 32.9 Å². The van der Waals surface area contributed by atoms with Crippen LogP contribution in [0.1, 0.15) is 27.0 Å². The van der Waals surface area contributed by atoms with Crippen molar-refractivity contribution in [1.29, 1.82) is 0 Å². The first-order valence-corrected chi connectivity index (χ1v) is 8.05. The normalized spacial score (nSPS) is 10.4. The Hall–Kier alpha value is -2.34. The summed E-state index contributed by atoms with van der Waals surface area (Å²) in [5.74, 6) is -0.919. The van der Waals surface area contributed by atoms with Crippen LogP contribution in [0.2, 0.25) is 0 Å². The fraction of sp³-hybridized carbons (Fsp3) is 0.235. The molecule has 0 saturated carbocycles. The number of amides is 1. The zero-order valence-electron chi connectivity index (χ0n) is 13.2. The Morgan fingerprint density at radius 3 is 2.35 bits per heavy atom. The number of carbonyl (C=O) groups is 2. The molecule has 2 N–H and O–H groups in total. The van der Waals surface area contributed by atoms with Crippen LogP contribution in [-0.4, -0.2) is 27.7 Å². The Morgan fingerprint density at radius 2 is 1.83 bits per heavy atom. The number of aromatic carboxylic acids is 1. The SMILES string of the molecule is Cc1cc(C)c(NC(=O)CSc2ccc(C(=O)O)cn2)c(C)c1. The summed E-state index contributed by atoms with van der Waals surface area (Å²) in [6.07, 6.45) is 1.29. The molecule has 2 aromatic rings. The maximum Gasteiger partial charge on any atom is 0.337 e. The molecule has 0 spiro atoms. The number of carbonyl (C=O) groups excluding carboxylic acids is 1. The minimum absolute atomic E-state index is 0.117. The number of anilines is 1. The predicted octanol–water partition coefficient (Wildman–Crippen LogP) is 3.44. The van der Waals surface area contributed by atoms with Gasteiger partial charge in [0.2, 0.25) is 5.91 Å². The predicted molar refractivity (Wildman–Crippen MR) is 91.2 cm³/mol. The van der Waals surface area contributed by atoms with Gasteiger partial charge in [-0.2, -0.15) is 0 Å². The monoisotopic (exact) mass is 330 g/mol. The summed E-state index contributed by atoms with van der Waals surface area (Å²) in [5, 5.41) is 12.4. The van der Waals surface area contributed by atoms with Gasteiger partial charge in [-0.3, -0.25) is 4.79 Å². The molecule has 5 nitrogen and oxygen atoms in total. The van der Waals surface area contributed by atoms with E-state index in [9.17, 15) is 9.59 Å². The maximum atomic E-state index is 12.1. The van der Waals surface area contributed by atoms with Gasteiger partial charge in [0, 0.05) is 11.9 Å². The van der Waals surface area contributed by atoms with Crippen molar-refractivity contribution in [2.24, 2.45) is 0 Å². The van der Waals surface area contributed by atoms with Crippen LogP contribution in [0.15, 0.2) is 35.5 Å². The van der Waals surface area contributed by atoms with Crippen LogP contribution < -0.4 is 5.32 Å². The number of carboxylic acids is 1. The molecule has 0 atom stereocenters. The van der Waals surface area contributed by atoms with Gasteiger partial charge in [0.1, 0.15) is 0 Å². The quantitative estimate of drug-likeness (QED) is 0.821. The van der Waals surface area contributed by atoms with Crippen LogP contribution in [0.4, 0.5) is 5.69 Å². The molecule has 6 heteroatoms. The maximum absolute atomic E-state index is 12.1. The Morgan fingerprint density at radius 1 is 1.17 bits per heavy atom. The first-order valence-electron chi connectivity index (χ1n) is 7.06. The number of carboxylic acid groups (broad SMARTS) is 1. The molecule has 0 bridgehead atoms. The van der Waals surface area contributed by atoms with Gasteiger partial charge in [-0.15, -0.1) is 0 Å². The lowest BCUT2D eigenvalue weighted by Crippen LogP contribution is -2.16. The molecule has 0 radical (unpaired) electrons. The van der Waals surface area contributed by atoms with Crippen molar-refractivity contribution in [2.75, 3.05) is 11.1 Å². The topological polar surface area (TPSA) is 79.3 Å². The molecule has 1 aromatic carbocycles. The first kappa shape index (κ1) is 17.0. The fourth-order valence-corrected chi connectivity index (χ4v) is 2.93. The summed E-state index contributed by atoms with van der Waals surface area (Å²) in [6.45, 7) is 5.96. The molecule has 0 aliphatic carbocycles. The number of pyridine rings is 1. The molecular weight excluding hydrogens is 312 g/mol. The number of benzene rings is 1. The van der Waals surface area contributed by atoms with Crippen LogP contribution in [0.3, 0.4) is 0 Å². The van der Waals surface area contributed by atoms with E-state index in [0.717, 1.165) is 22.4 Å². The standard InChI is InChI=1S/C17H18N2O3S/c1-10-6-11(2)16(12(3)7-10)19-14(20)9-23-15-5-4-13(8-18-15)17(21)22/h4-8H,9H2,1-3H3,(H,19,20)(H,21,22). The Balaban J connectivity index is 1.96. The van der Waals surface area contributed by atoms with Gasteiger partial charge in [0.25, 0.3) is 0 Å². The zero-order chi connectivity index (χ0) is 17.0. The van der Waals surface area contributed by atoms with Crippen molar-refractivity contribution in [3.63, 3.8) is 0 Å². The number of nitrogens with zero attached hydrogens (tertiary/aromatic N) is 1. The second-order valence-electron chi connectivity index (χ2n) is 5.30. The van der Waals surface area contributed by atoms with Crippen LogP contribution >= 0.6 is 11.8 Å². The Bertz CT molecular complexity index is 719. The van der Waals surface area contributed by atoms with Gasteiger partial charge in [0.15, 0.2) is 0 Å². The average Bonchev–Trinajstić information content (AvgIpc) is 2.49. The highest BCUT2D eigenvalue weighted by molar-refractivity contribution is 7.99. The summed E-state index contributed by atoms with van der Waals surface area (Å²) >= 11 is 1.27. The van der Waals surface area contributed by atoms with Crippen molar-refractivity contribution in [3.8, 4) is 0 Å². The number of hydrogen-bond donors (Lipinski definition) is 2. The largest absolute Gasteiger partial charge is 0.478 e. The minimum atomic E-state index is -1.02. The molecule has 2 rings (SSSR count). The second kappa shape index (κ2) is 7.28. The molecule has 0 unspecified atom stereocenters. The molecule has 0 aliphatic heterocycles. The third-order valence-electron chi connectivity index (χ3n) is 3.28. The lowest BCUT2D eigenvalue weighted by molar-refractivity contribution is -0.113. The van der Waals surface area contributed by atoms with E-state index >= 15 is 0 Å². The minimum Gasteiger partial charge on any atom is -0.478 e. The third-order valence-corrected chi connectivity index (χ3v) is 4.22. The van der Waals surface area contributed by atoms with Crippen molar-refractivity contribution in [2.45, 2.75) is 25.8 Å². The van der Waals surface area contributed by atoms with E-state index in [-0.39, 0.29) is 17.2 Å². The molecule has 1 heterocycles. The van der Waals surface area contributed by atoms with Crippen LogP contribution in [0.5, 0.6) is 0 Å². The Kier molecular flexibility index (Phi) is 5.39. The molecule has 1 amide bonds. The van der Waals surface area contributed by atoms with Crippen LogP contribution in [0.25, 0.3) is 0 Å². The molecule has 23 heavy (non-hydrogen) atoms. The van der Waals surface area contributed by atoms with E-state index < -0.39 is 5.97 Å². The van der Waals surface area contributed by atoms with E-state index in [0.29, 0.717) is 5.03 Å². The highest BCUT2D eigenvalue weighted by Crippen LogP contribution is 2.23. The number of thioether (sulfide) groups is 1. The fourth-order valence-electron chi connectivity index (χ4n) is 2.28. The molecule has 120 valence electrons. The van der Waals surface area contributed by atoms with Crippen molar-refractivity contribution < 1.29 is 14.7 Å². The summed E-state index contributed by atoms with van der Waals surface area (Å²) in [5.41, 5.74) is 4.20. The number of aromatic nitrogens is 1. The van der Waals surface area contributed by atoms with Crippen molar-refractivity contribution in [3.05, 3.63) is 52.7 Å². The number of nitrogens with one attached hydrogen (secondary N) is 1. The first-order chi connectivity index (χ1) is 10.9. The third kappa shape index (κ3) is 4.56. The number of rotatable bonds is 5. The van der Waals surface area contributed by atoms with Gasteiger partial charge in [-0.05, 0) is 44.0 Å². The van der Waals surface area contributed by atoms with Gasteiger partial charge < -0.3 is 10.4 Å². The zero-order valence-corrected chi connectivity index (χ0v) is 14.0. The summed E-state index contributed by atoms with van der Waals surface area (Å²) < 4.78 is 0. The second-order valence-corrected chi connectivity index (χ2v) is 6.30. The molecule has 1 aromatic heterocycles. The summed E-state index contributed by atoms with van der Waals surface area (Å²) in [4.78, 5) is 26.9. The van der Waals surface area contributed by atoms with Gasteiger partial charge in [0.05, 0.1) is 16.3 Å². The van der Waals surface area contributed by atoms with Crippen molar-refractivity contribution >= 4 is 29.3 Å². The van der Waals surface area contributed by atoms with Crippen LogP contribution in [0, 0.1) is 20.8 Å². The smallest absolute Gasteiger partial charge is 0.337 e. The average molecular weight is 330 g/mol. The van der Waals surface area contributed by atoms with Crippen molar-refractivity contribution in [1.82, 2.24) is 4.98 Å². The van der Waals surface area contributed by atoms with Gasteiger partial charge in [-0.1, -0.05) is 29.5 Å². The van der Waals surface area contributed by atoms with E-state index in [1.54, 1.807) is 6.07 Å². The lowest BCUT2D eigenvalue weighted by atomic mass is 10.1. The highest BCUT2D eigenvalue weighted by Gasteiger charge is 2.10. The molecule has 0 fully saturated rings. The van der Waals surface area contributed by atoms with E-state index in [4.69, 9.17) is 5.11 Å². The molecule has 0 saturated heterocycles. The Labute approximate surface area is 139 Å². The van der Waals surface area contributed by atoms with Crippen LogP contribution in [-0.2, 0) is 4.79 Å². The van der Waals surface area contributed by atoms with E-state index in [1.165, 1.54) is 24.0 Å². The molecular formula is C17H18N2O3S. The van der Waals surface area contributed by atoms with Gasteiger partial charge in [-0.25, -0.2) is 9.78 Å². The number of aryl methyl sites for hydroxylation is 3. The lowest BCUT2D eigenvalue weighted by Gasteiger charge is -2.12. The summed E-state index contributed by atoms with van der Waals surface area (Å²) in [7, 11) is 0. The summed E-state index contributed by atoms with van der Waals surface area (Å²) in [6, 6.07) is 7.14. The number of hydrogen-bond acceptors (Lipinski definition) is 4. The highest BCUT2D eigenvalue weighted by atomic mass is 32.2. The van der Waals surface area contributed by atoms with E-state index in [2.05, 4.69) is 10.3 Å².